The van der Waals surface area contributed by atoms with E-state index in [-0.39, 0.29) is 23.6 Å². The number of quaternary nitrogens is 1. The van der Waals surface area contributed by atoms with Crippen molar-refractivity contribution in [1.82, 2.24) is 0 Å². The molecule has 0 aliphatic heterocycles. The van der Waals surface area contributed by atoms with Gasteiger partial charge in [-0.1, -0.05) is 20.8 Å². The van der Waals surface area contributed by atoms with Gasteiger partial charge in [0.25, 0.3) is 0 Å². The molecule has 0 saturated carbocycles. The van der Waals surface area contributed by atoms with Gasteiger partial charge in [-0.3, -0.25) is 0 Å². The molecule has 140 valence electrons. The zero-order valence-corrected chi connectivity index (χ0v) is 16.9. The number of halogens is 1. The number of aliphatic hydroxyl groups excluding tert-OH is 1. The molecule has 0 heterocycles. The average molecular weight is 404 g/mol. The van der Waals surface area contributed by atoms with Gasteiger partial charge < -0.3 is 42.8 Å². The van der Waals surface area contributed by atoms with Crippen molar-refractivity contribution in [3.05, 3.63) is 18.2 Å². The summed E-state index contributed by atoms with van der Waals surface area (Å²) in [7, 11) is 0. The Balaban J connectivity index is 0.00000529. The molecular weight excluding hydrogens is 370 g/mol. The van der Waals surface area contributed by atoms with E-state index in [1.165, 1.54) is 0 Å². The quantitative estimate of drug-likeness (QED) is 0.348. The largest absolute Gasteiger partial charge is 1.00 e. The maximum absolute atomic E-state index is 10.5. The first-order valence-electron chi connectivity index (χ1n) is 8.77. The Morgan fingerprint density at radius 2 is 1.58 bits per heavy atom. The molecule has 5 nitrogen and oxygen atoms in total. The number of anilines is 2. The third kappa shape index (κ3) is 7.28. The van der Waals surface area contributed by atoms with Crippen molar-refractivity contribution in [3.63, 3.8) is 0 Å². The predicted octanol–water partition coefficient (Wildman–Crippen LogP) is -0.358. The van der Waals surface area contributed by atoms with Crippen LogP contribution in [0.2, 0.25) is 0 Å². The summed E-state index contributed by atoms with van der Waals surface area (Å²) in [4.78, 5) is 0. The number of nitrogen functional groups attached to an aromatic ring is 2. The van der Waals surface area contributed by atoms with Gasteiger partial charge in [-0.2, -0.15) is 0 Å². The monoisotopic (exact) mass is 403 g/mol. The highest BCUT2D eigenvalue weighted by atomic mass is 79.9. The van der Waals surface area contributed by atoms with Crippen LogP contribution in [0, 0.1) is 0 Å². The second-order valence-corrected chi connectivity index (χ2v) is 6.46. The average Bonchev–Trinajstić information content (AvgIpc) is 2.47. The molecule has 0 aliphatic carbocycles. The third-order valence-electron chi connectivity index (χ3n) is 4.16. The summed E-state index contributed by atoms with van der Waals surface area (Å²) in [5.41, 5.74) is 12.7. The molecule has 0 saturated heterocycles. The number of hydrogen-bond donors (Lipinski definition) is 3. The van der Waals surface area contributed by atoms with Crippen molar-refractivity contribution in [3.8, 4) is 5.75 Å². The van der Waals surface area contributed by atoms with E-state index in [0.29, 0.717) is 17.1 Å². The number of nitrogens with zero attached hydrogens (tertiary/aromatic N) is 1. The zero-order valence-electron chi connectivity index (χ0n) is 15.3. The fourth-order valence-electron chi connectivity index (χ4n) is 3.42. The van der Waals surface area contributed by atoms with Crippen LogP contribution in [0.5, 0.6) is 5.75 Å². The van der Waals surface area contributed by atoms with Crippen LogP contribution in [0.3, 0.4) is 0 Å². The molecule has 5 N–H and O–H groups in total. The maximum atomic E-state index is 10.5. The van der Waals surface area contributed by atoms with E-state index in [1.54, 1.807) is 18.2 Å². The highest BCUT2D eigenvalue weighted by molar-refractivity contribution is 5.60. The minimum Gasteiger partial charge on any atom is -1.00 e. The second kappa shape index (κ2) is 11.6. The molecule has 0 bridgehead atoms. The minimum absolute atomic E-state index is 0. The molecular formula is C18H34BrN3O2. The van der Waals surface area contributed by atoms with Gasteiger partial charge in [0.15, 0.2) is 0 Å². The van der Waals surface area contributed by atoms with Crippen molar-refractivity contribution in [2.24, 2.45) is 0 Å². The van der Waals surface area contributed by atoms with E-state index >= 15 is 0 Å². The van der Waals surface area contributed by atoms with Crippen molar-refractivity contribution in [2.45, 2.75) is 46.1 Å². The van der Waals surface area contributed by atoms with Crippen LogP contribution in [0.25, 0.3) is 0 Å². The molecule has 0 aromatic heterocycles. The summed E-state index contributed by atoms with van der Waals surface area (Å²) in [5, 5.41) is 10.5. The summed E-state index contributed by atoms with van der Waals surface area (Å²) in [6.45, 7) is 10.9. The van der Waals surface area contributed by atoms with E-state index < -0.39 is 6.10 Å². The van der Waals surface area contributed by atoms with E-state index in [9.17, 15) is 5.11 Å². The van der Waals surface area contributed by atoms with Gasteiger partial charge >= 0.3 is 0 Å². The Bertz CT molecular complexity index is 455. The Labute approximate surface area is 157 Å². The highest BCUT2D eigenvalue weighted by Crippen LogP contribution is 2.24. The molecule has 24 heavy (non-hydrogen) atoms. The second-order valence-electron chi connectivity index (χ2n) is 6.46. The van der Waals surface area contributed by atoms with Crippen molar-refractivity contribution in [2.75, 3.05) is 44.3 Å². The molecule has 1 aromatic carbocycles. The standard InChI is InChI=1S/C18H34N3O2.BrH/c1-4-9-21(10-5-2,11-6-3)13-16(22)14-23-18-8-7-15(19)12-17(18)20;/h7-8,12,16,22H,4-6,9-11,13-14,19-20H2,1-3H3;1H/q+1;/p-1. The van der Waals surface area contributed by atoms with Gasteiger partial charge in [-0.05, 0) is 37.5 Å². The lowest BCUT2D eigenvalue weighted by atomic mass is 10.2. The first-order chi connectivity index (χ1) is 11.0. The lowest BCUT2D eigenvalue weighted by Gasteiger charge is -2.39. The predicted molar refractivity (Wildman–Crippen MR) is 97.4 cm³/mol. The van der Waals surface area contributed by atoms with E-state index in [1.807, 2.05) is 0 Å². The number of ether oxygens (including phenoxy) is 1. The SMILES string of the molecule is CCC[N+](CCC)(CCC)CC(O)COc1ccc(N)cc1N.[Br-]. The van der Waals surface area contributed by atoms with E-state index in [0.717, 1.165) is 49.9 Å². The summed E-state index contributed by atoms with van der Waals surface area (Å²) in [5.74, 6) is 0.581. The first kappa shape index (κ1) is 23.0. The molecule has 6 heteroatoms. The van der Waals surface area contributed by atoms with E-state index in [4.69, 9.17) is 16.2 Å². The topological polar surface area (TPSA) is 81.5 Å². The van der Waals surface area contributed by atoms with Gasteiger partial charge in [-0.25, -0.2) is 0 Å². The molecule has 1 atom stereocenters. The minimum atomic E-state index is -0.503. The van der Waals surface area contributed by atoms with Crippen LogP contribution in [-0.2, 0) is 0 Å². The fourth-order valence-corrected chi connectivity index (χ4v) is 3.42. The Morgan fingerprint density at radius 1 is 1.04 bits per heavy atom. The van der Waals surface area contributed by atoms with Crippen molar-refractivity contribution in [1.29, 1.82) is 0 Å². The third-order valence-corrected chi connectivity index (χ3v) is 4.16. The number of rotatable bonds is 11. The molecule has 0 aliphatic rings. The van der Waals surface area contributed by atoms with Crippen LogP contribution in [0.4, 0.5) is 11.4 Å². The van der Waals surface area contributed by atoms with Gasteiger partial charge in [0.1, 0.15) is 25.0 Å². The summed E-state index contributed by atoms with van der Waals surface area (Å²) in [6.07, 6.45) is 2.87. The zero-order chi connectivity index (χ0) is 17.3. The Morgan fingerprint density at radius 3 is 2.04 bits per heavy atom. The molecule has 0 spiro atoms. The van der Waals surface area contributed by atoms with Gasteiger partial charge in [0.2, 0.25) is 0 Å². The lowest BCUT2D eigenvalue weighted by Crippen LogP contribution is -3.00. The number of aliphatic hydroxyl groups is 1. The van der Waals surface area contributed by atoms with Crippen molar-refractivity contribution >= 4 is 11.4 Å². The molecule has 0 fully saturated rings. The maximum Gasteiger partial charge on any atom is 0.142 e. The van der Waals surface area contributed by atoms with Crippen LogP contribution in [-0.4, -0.2) is 48.5 Å². The van der Waals surface area contributed by atoms with Crippen LogP contribution in [0.1, 0.15) is 40.0 Å². The normalized spacial score (nSPS) is 12.5. The smallest absolute Gasteiger partial charge is 0.142 e. The van der Waals surface area contributed by atoms with Gasteiger partial charge in [0.05, 0.1) is 25.3 Å². The molecule has 1 unspecified atom stereocenters. The number of hydrogen-bond acceptors (Lipinski definition) is 4. The fraction of sp³-hybridized carbons (Fsp3) is 0.667. The lowest BCUT2D eigenvalue weighted by molar-refractivity contribution is -0.931. The molecule has 0 amide bonds. The molecule has 1 rings (SSSR count). The van der Waals surface area contributed by atoms with E-state index in [2.05, 4.69) is 20.8 Å². The van der Waals surface area contributed by atoms with Gasteiger partial charge in [-0.15, -0.1) is 0 Å². The Kier molecular flexibility index (Phi) is 11.1. The van der Waals surface area contributed by atoms with Crippen LogP contribution in [0.15, 0.2) is 18.2 Å². The highest BCUT2D eigenvalue weighted by Gasteiger charge is 2.28. The van der Waals surface area contributed by atoms with Crippen LogP contribution >= 0.6 is 0 Å². The van der Waals surface area contributed by atoms with Crippen molar-refractivity contribution < 1.29 is 31.3 Å². The van der Waals surface area contributed by atoms with Crippen LogP contribution < -0.4 is 33.2 Å². The summed E-state index contributed by atoms with van der Waals surface area (Å²) >= 11 is 0. The molecule has 1 aromatic rings. The summed E-state index contributed by atoms with van der Waals surface area (Å²) < 4.78 is 6.66. The number of benzene rings is 1. The Hall–Kier alpha value is -0.980. The first-order valence-corrected chi connectivity index (χ1v) is 8.77. The molecule has 0 radical (unpaired) electrons. The number of nitrogens with two attached hydrogens (primary N) is 2. The summed E-state index contributed by atoms with van der Waals surface area (Å²) in [6, 6.07) is 5.18. The van der Waals surface area contributed by atoms with Gasteiger partial charge in [0, 0.05) is 5.69 Å².